The van der Waals surface area contributed by atoms with Crippen LogP contribution in [0.15, 0.2) is 12.4 Å². The van der Waals surface area contributed by atoms with Crippen molar-refractivity contribution in [1.29, 1.82) is 0 Å². The summed E-state index contributed by atoms with van der Waals surface area (Å²) in [5, 5.41) is 4.06. The lowest BCUT2D eigenvalue weighted by molar-refractivity contribution is 0.363. The molecule has 19 heavy (non-hydrogen) atoms. The average Bonchev–Trinajstić information content (AvgIpc) is 2.63. The zero-order valence-electron chi connectivity index (χ0n) is 11.6. The normalized spacial score (nSPS) is 18.7. The third kappa shape index (κ3) is 3.55. The SMILES string of the molecule is CN(Cc1cnn(C)c1)S(=O)(=O)N1CCCCCC1. The third-order valence-corrected chi connectivity index (χ3v) is 5.38. The minimum absolute atomic E-state index is 0.368. The standard InChI is InChI=1S/C12H22N4O2S/c1-14-10-12(9-13-14)11-15(2)19(17,18)16-7-5-3-4-6-8-16/h9-10H,3-8,11H2,1-2H3. The summed E-state index contributed by atoms with van der Waals surface area (Å²) >= 11 is 0. The molecule has 2 rings (SSSR count). The second kappa shape index (κ2) is 6.02. The van der Waals surface area contributed by atoms with Gasteiger partial charge in [-0.25, -0.2) is 0 Å². The molecule has 0 atom stereocenters. The zero-order chi connectivity index (χ0) is 13.9. The van der Waals surface area contributed by atoms with Gasteiger partial charge >= 0.3 is 0 Å². The molecule has 0 spiro atoms. The van der Waals surface area contributed by atoms with E-state index in [0.29, 0.717) is 19.6 Å². The smallest absolute Gasteiger partial charge is 0.275 e. The van der Waals surface area contributed by atoms with Gasteiger partial charge in [0.15, 0.2) is 0 Å². The van der Waals surface area contributed by atoms with Crippen molar-refractivity contribution in [2.24, 2.45) is 7.05 Å². The van der Waals surface area contributed by atoms with Crippen molar-refractivity contribution in [3.05, 3.63) is 18.0 Å². The van der Waals surface area contributed by atoms with Gasteiger partial charge in [-0.15, -0.1) is 0 Å². The van der Waals surface area contributed by atoms with E-state index in [1.54, 1.807) is 22.2 Å². The molecule has 1 aromatic heterocycles. The van der Waals surface area contributed by atoms with Crippen molar-refractivity contribution in [3.63, 3.8) is 0 Å². The maximum absolute atomic E-state index is 12.5. The summed E-state index contributed by atoms with van der Waals surface area (Å²) in [5.74, 6) is 0. The molecule has 0 unspecified atom stereocenters. The van der Waals surface area contributed by atoms with Crippen LogP contribution in [0.3, 0.4) is 0 Å². The van der Waals surface area contributed by atoms with Crippen molar-refractivity contribution in [2.45, 2.75) is 32.2 Å². The number of hydrogen-bond acceptors (Lipinski definition) is 3. The van der Waals surface area contributed by atoms with E-state index in [0.717, 1.165) is 31.2 Å². The predicted molar refractivity (Wildman–Crippen MR) is 73.6 cm³/mol. The summed E-state index contributed by atoms with van der Waals surface area (Å²) in [5.41, 5.74) is 0.906. The number of aryl methyl sites for hydroxylation is 1. The van der Waals surface area contributed by atoms with Crippen LogP contribution in [0.1, 0.15) is 31.2 Å². The predicted octanol–water partition coefficient (Wildman–Crippen LogP) is 0.973. The average molecular weight is 286 g/mol. The van der Waals surface area contributed by atoms with Gasteiger partial charge in [0.2, 0.25) is 0 Å². The van der Waals surface area contributed by atoms with Crippen molar-refractivity contribution in [3.8, 4) is 0 Å². The van der Waals surface area contributed by atoms with Crippen LogP contribution in [0.5, 0.6) is 0 Å². The van der Waals surface area contributed by atoms with Crippen molar-refractivity contribution in [1.82, 2.24) is 18.4 Å². The first kappa shape index (κ1) is 14.5. The van der Waals surface area contributed by atoms with Crippen LogP contribution in [0.2, 0.25) is 0 Å². The van der Waals surface area contributed by atoms with Crippen LogP contribution in [0.4, 0.5) is 0 Å². The Morgan fingerprint density at radius 1 is 1.26 bits per heavy atom. The van der Waals surface area contributed by atoms with Gasteiger partial charge in [0.05, 0.1) is 6.20 Å². The van der Waals surface area contributed by atoms with Gasteiger partial charge in [-0.2, -0.15) is 22.1 Å². The van der Waals surface area contributed by atoms with Gasteiger partial charge < -0.3 is 0 Å². The second-order valence-corrected chi connectivity index (χ2v) is 7.13. The molecule has 0 N–H and O–H groups in total. The molecule has 7 heteroatoms. The first-order valence-corrected chi connectivity index (χ1v) is 8.09. The number of hydrogen-bond donors (Lipinski definition) is 0. The molecule has 0 radical (unpaired) electrons. The van der Waals surface area contributed by atoms with E-state index in [-0.39, 0.29) is 0 Å². The van der Waals surface area contributed by atoms with E-state index in [2.05, 4.69) is 5.10 Å². The molecule has 0 saturated carbocycles. The van der Waals surface area contributed by atoms with Crippen molar-refractivity contribution >= 4 is 10.2 Å². The van der Waals surface area contributed by atoms with Crippen molar-refractivity contribution < 1.29 is 8.42 Å². The lowest BCUT2D eigenvalue weighted by Crippen LogP contribution is -2.41. The number of rotatable bonds is 4. The molecule has 0 aliphatic carbocycles. The molecular formula is C12H22N4O2S. The lowest BCUT2D eigenvalue weighted by Gasteiger charge is -2.26. The fraction of sp³-hybridized carbons (Fsp3) is 0.750. The van der Waals surface area contributed by atoms with Crippen LogP contribution < -0.4 is 0 Å². The summed E-state index contributed by atoms with van der Waals surface area (Å²) in [6.45, 7) is 1.64. The molecule has 1 aliphatic heterocycles. The summed E-state index contributed by atoms with van der Waals surface area (Å²) < 4.78 is 29.7. The Morgan fingerprint density at radius 3 is 2.42 bits per heavy atom. The molecule has 1 aliphatic rings. The molecule has 1 aromatic rings. The summed E-state index contributed by atoms with van der Waals surface area (Å²) in [6, 6.07) is 0. The van der Waals surface area contributed by atoms with E-state index in [9.17, 15) is 8.42 Å². The van der Waals surface area contributed by atoms with E-state index in [1.807, 2.05) is 13.2 Å². The van der Waals surface area contributed by atoms with Crippen LogP contribution in [0, 0.1) is 0 Å². The summed E-state index contributed by atoms with van der Waals surface area (Å²) in [6.07, 6.45) is 7.71. The first-order valence-electron chi connectivity index (χ1n) is 6.69. The summed E-state index contributed by atoms with van der Waals surface area (Å²) in [4.78, 5) is 0. The maximum Gasteiger partial charge on any atom is 0.282 e. The highest BCUT2D eigenvalue weighted by Crippen LogP contribution is 2.17. The molecule has 0 amide bonds. The van der Waals surface area contributed by atoms with Crippen LogP contribution in [0.25, 0.3) is 0 Å². The fourth-order valence-electron chi connectivity index (χ4n) is 2.36. The highest BCUT2D eigenvalue weighted by Gasteiger charge is 2.27. The van der Waals surface area contributed by atoms with E-state index >= 15 is 0 Å². The molecule has 108 valence electrons. The van der Waals surface area contributed by atoms with Crippen LogP contribution in [-0.4, -0.2) is 46.9 Å². The molecule has 0 bridgehead atoms. The highest BCUT2D eigenvalue weighted by atomic mass is 32.2. The van der Waals surface area contributed by atoms with Gasteiger partial charge in [0, 0.05) is 45.5 Å². The topological polar surface area (TPSA) is 58.4 Å². The van der Waals surface area contributed by atoms with Crippen molar-refractivity contribution in [2.75, 3.05) is 20.1 Å². The minimum Gasteiger partial charge on any atom is -0.275 e. The largest absolute Gasteiger partial charge is 0.282 e. The molecule has 6 nitrogen and oxygen atoms in total. The minimum atomic E-state index is -3.34. The van der Waals surface area contributed by atoms with E-state index in [4.69, 9.17) is 0 Å². The second-order valence-electron chi connectivity index (χ2n) is 5.10. The van der Waals surface area contributed by atoms with E-state index in [1.165, 1.54) is 4.31 Å². The highest BCUT2D eigenvalue weighted by molar-refractivity contribution is 7.86. The van der Waals surface area contributed by atoms with Gasteiger partial charge in [0.1, 0.15) is 0 Å². The van der Waals surface area contributed by atoms with Gasteiger partial charge in [0.25, 0.3) is 10.2 Å². The van der Waals surface area contributed by atoms with Gasteiger partial charge in [-0.05, 0) is 12.8 Å². The van der Waals surface area contributed by atoms with Crippen LogP contribution >= 0.6 is 0 Å². The Labute approximate surface area is 115 Å². The number of aromatic nitrogens is 2. The first-order chi connectivity index (χ1) is 9.00. The Balaban J connectivity index is 2.05. The van der Waals surface area contributed by atoms with Crippen LogP contribution in [-0.2, 0) is 23.8 Å². The Bertz CT molecular complexity index is 504. The van der Waals surface area contributed by atoms with Gasteiger partial charge in [-0.3, -0.25) is 4.68 Å². The molecular weight excluding hydrogens is 264 g/mol. The van der Waals surface area contributed by atoms with E-state index < -0.39 is 10.2 Å². The number of nitrogens with zero attached hydrogens (tertiary/aromatic N) is 4. The quantitative estimate of drug-likeness (QED) is 0.829. The molecule has 0 aromatic carbocycles. The Morgan fingerprint density at radius 2 is 1.89 bits per heavy atom. The van der Waals surface area contributed by atoms with Gasteiger partial charge in [-0.1, -0.05) is 12.8 Å². The fourth-order valence-corrected chi connectivity index (χ4v) is 3.79. The molecule has 2 heterocycles. The maximum atomic E-state index is 12.5. The lowest BCUT2D eigenvalue weighted by atomic mass is 10.2. The molecule has 1 fully saturated rings. The summed E-state index contributed by atoms with van der Waals surface area (Å²) in [7, 11) is 0.114. The Kier molecular flexibility index (Phi) is 4.59. The zero-order valence-corrected chi connectivity index (χ0v) is 12.4. The Hall–Kier alpha value is -0.920. The monoisotopic (exact) mass is 286 g/mol. The third-order valence-electron chi connectivity index (χ3n) is 3.45. The molecule has 1 saturated heterocycles.